The Morgan fingerprint density at radius 2 is 1.75 bits per heavy atom. The van der Waals surface area contributed by atoms with Crippen molar-refractivity contribution in [1.29, 1.82) is 10.5 Å². The van der Waals surface area contributed by atoms with Gasteiger partial charge in [0.1, 0.15) is 17.7 Å². The van der Waals surface area contributed by atoms with Crippen LogP contribution in [0.5, 0.6) is 0 Å². The molecular weight excluding hydrogens is 266 g/mol. The summed E-state index contributed by atoms with van der Waals surface area (Å²) >= 11 is 3.41. The lowest BCUT2D eigenvalue weighted by Crippen LogP contribution is -1.96. The Balaban J connectivity index is 3.05. The number of nitrogens with one attached hydrogen (secondary N) is 1. The predicted molar refractivity (Wildman–Crippen MR) is 66.5 cm³/mol. The average molecular weight is 276 g/mol. The third-order valence-electron chi connectivity index (χ3n) is 2.10. The average Bonchev–Trinajstić information content (AvgIpc) is 2.22. The number of rotatable bonds is 2. The van der Waals surface area contributed by atoms with Gasteiger partial charge in [0, 0.05) is 16.4 Å². The SMILES string of the molecule is Cc1cc(Br)cc(C)c1NC=C(C#N)C#N. The summed E-state index contributed by atoms with van der Waals surface area (Å²) in [4.78, 5) is 0. The van der Waals surface area contributed by atoms with E-state index in [1.807, 2.05) is 26.0 Å². The van der Waals surface area contributed by atoms with Crippen molar-refractivity contribution < 1.29 is 0 Å². The van der Waals surface area contributed by atoms with Gasteiger partial charge in [-0.2, -0.15) is 10.5 Å². The van der Waals surface area contributed by atoms with Crippen LogP contribution >= 0.6 is 15.9 Å². The molecule has 0 saturated heterocycles. The standard InChI is InChI=1S/C12H10BrN3/c1-8-3-11(13)4-9(2)12(8)16-7-10(5-14)6-15/h3-4,7,16H,1-2H3. The van der Waals surface area contributed by atoms with Gasteiger partial charge in [0.25, 0.3) is 0 Å². The van der Waals surface area contributed by atoms with Gasteiger partial charge in [-0.1, -0.05) is 15.9 Å². The maximum Gasteiger partial charge on any atom is 0.145 e. The molecule has 0 aliphatic rings. The van der Waals surface area contributed by atoms with Crippen LogP contribution in [0.25, 0.3) is 0 Å². The van der Waals surface area contributed by atoms with Gasteiger partial charge in [0.15, 0.2) is 0 Å². The van der Waals surface area contributed by atoms with E-state index in [1.165, 1.54) is 6.20 Å². The van der Waals surface area contributed by atoms with Crippen LogP contribution in [-0.2, 0) is 0 Å². The van der Waals surface area contributed by atoms with Gasteiger partial charge in [-0.3, -0.25) is 0 Å². The van der Waals surface area contributed by atoms with E-state index in [9.17, 15) is 0 Å². The highest BCUT2D eigenvalue weighted by Crippen LogP contribution is 2.25. The van der Waals surface area contributed by atoms with Crippen LogP contribution in [-0.4, -0.2) is 0 Å². The number of benzene rings is 1. The molecule has 0 atom stereocenters. The molecule has 1 N–H and O–H groups in total. The number of allylic oxidation sites excluding steroid dienone is 1. The number of nitrogens with zero attached hydrogens (tertiary/aromatic N) is 2. The molecule has 1 aromatic rings. The largest absolute Gasteiger partial charge is 0.359 e. The van der Waals surface area contributed by atoms with Crippen molar-refractivity contribution in [1.82, 2.24) is 0 Å². The normalized spacial score (nSPS) is 8.81. The fraction of sp³-hybridized carbons (Fsp3) is 0.167. The van der Waals surface area contributed by atoms with E-state index >= 15 is 0 Å². The van der Waals surface area contributed by atoms with Crippen molar-refractivity contribution in [2.45, 2.75) is 13.8 Å². The lowest BCUT2D eigenvalue weighted by Gasteiger charge is -2.10. The van der Waals surface area contributed by atoms with E-state index in [-0.39, 0.29) is 5.57 Å². The van der Waals surface area contributed by atoms with Crippen molar-refractivity contribution in [2.75, 3.05) is 5.32 Å². The highest BCUT2D eigenvalue weighted by Gasteiger charge is 2.02. The van der Waals surface area contributed by atoms with Crippen molar-refractivity contribution in [3.05, 3.63) is 39.5 Å². The molecule has 1 aromatic carbocycles. The first-order chi connectivity index (χ1) is 7.58. The molecule has 3 nitrogen and oxygen atoms in total. The predicted octanol–water partition coefficient (Wildman–Crippen LogP) is 3.41. The maximum absolute atomic E-state index is 8.60. The van der Waals surface area contributed by atoms with Crippen molar-refractivity contribution in [2.24, 2.45) is 0 Å². The minimum Gasteiger partial charge on any atom is -0.359 e. The van der Waals surface area contributed by atoms with Crippen molar-refractivity contribution in [3.63, 3.8) is 0 Å². The second-order valence-electron chi connectivity index (χ2n) is 3.34. The second kappa shape index (κ2) is 5.34. The number of halogens is 1. The lowest BCUT2D eigenvalue weighted by atomic mass is 10.1. The molecule has 0 spiro atoms. The summed E-state index contributed by atoms with van der Waals surface area (Å²) < 4.78 is 1.01. The van der Waals surface area contributed by atoms with Gasteiger partial charge >= 0.3 is 0 Å². The summed E-state index contributed by atoms with van der Waals surface area (Å²) in [5.41, 5.74) is 3.09. The fourth-order valence-electron chi connectivity index (χ4n) is 1.37. The zero-order valence-corrected chi connectivity index (χ0v) is 10.6. The van der Waals surface area contributed by atoms with Gasteiger partial charge in [-0.25, -0.2) is 0 Å². The molecule has 0 radical (unpaired) electrons. The summed E-state index contributed by atoms with van der Waals surface area (Å²) in [5, 5.41) is 20.2. The molecule has 0 aliphatic carbocycles. The quantitative estimate of drug-likeness (QED) is 0.842. The number of hydrogen-bond acceptors (Lipinski definition) is 3. The smallest absolute Gasteiger partial charge is 0.145 e. The Kier molecular flexibility index (Phi) is 4.10. The van der Waals surface area contributed by atoms with Crippen LogP contribution in [0.1, 0.15) is 11.1 Å². The third-order valence-corrected chi connectivity index (χ3v) is 2.56. The summed E-state index contributed by atoms with van der Waals surface area (Å²) in [6.45, 7) is 3.93. The van der Waals surface area contributed by atoms with E-state index in [4.69, 9.17) is 10.5 Å². The molecular formula is C12H10BrN3. The van der Waals surface area contributed by atoms with Crippen LogP contribution in [0.4, 0.5) is 5.69 Å². The van der Waals surface area contributed by atoms with E-state index < -0.39 is 0 Å². The molecule has 0 aromatic heterocycles. The van der Waals surface area contributed by atoms with E-state index in [0.717, 1.165) is 21.3 Å². The zero-order valence-electron chi connectivity index (χ0n) is 9.00. The zero-order chi connectivity index (χ0) is 12.1. The van der Waals surface area contributed by atoms with Gasteiger partial charge in [-0.15, -0.1) is 0 Å². The molecule has 0 saturated carbocycles. The number of anilines is 1. The minimum atomic E-state index is 0.0571. The van der Waals surface area contributed by atoms with Crippen LogP contribution < -0.4 is 5.32 Å². The van der Waals surface area contributed by atoms with Crippen LogP contribution in [0, 0.1) is 36.5 Å². The van der Waals surface area contributed by atoms with Crippen LogP contribution in [0.3, 0.4) is 0 Å². The first-order valence-corrected chi connectivity index (χ1v) is 5.41. The molecule has 0 unspecified atom stereocenters. The van der Waals surface area contributed by atoms with E-state index in [1.54, 1.807) is 12.1 Å². The van der Waals surface area contributed by atoms with Gasteiger partial charge < -0.3 is 5.32 Å². The summed E-state index contributed by atoms with van der Waals surface area (Å²) in [6.07, 6.45) is 1.42. The first-order valence-electron chi connectivity index (χ1n) is 4.62. The Morgan fingerprint density at radius 1 is 1.25 bits per heavy atom. The first kappa shape index (κ1) is 12.3. The Hall–Kier alpha value is -1.78. The molecule has 0 heterocycles. The van der Waals surface area contributed by atoms with Gasteiger partial charge in [0.2, 0.25) is 0 Å². The second-order valence-corrected chi connectivity index (χ2v) is 4.26. The lowest BCUT2D eigenvalue weighted by molar-refractivity contribution is 1.34. The maximum atomic E-state index is 8.60. The number of hydrogen-bond donors (Lipinski definition) is 1. The highest BCUT2D eigenvalue weighted by molar-refractivity contribution is 9.10. The molecule has 0 fully saturated rings. The van der Waals surface area contributed by atoms with Crippen molar-refractivity contribution >= 4 is 21.6 Å². The summed E-state index contributed by atoms with van der Waals surface area (Å²) in [7, 11) is 0. The van der Waals surface area contributed by atoms with Crippen LogP contribution in [0.15, 0.2) is 28.4 Å². The molecule has 16 heavy (non-hydrogen) atoms. The fourth-order valence-corrected chi connectivity index (χ4v) is 2.06. The molecule has 0 bridgehead atoms. The van der Waals surface area contributed by atoms with Crippen LogP contribution in [0.2, 0.25) is 0 Å². The third kappa shape index (κ3) is 2.85. The van der Waals surface area contributed by atoms with E-state index in [0.29, 0.717) is 0 Å². The number of nitriles is 2. The molecule has 1 rings (SSSR count). The molecule has 4 heteroatoms. The Bertz CT molecular complexity index is 479. The topological polar surface area (TPSA) is 59.6 Å². The minimum absolute atomic E-state index is 0.0571. The molecule has 80 valence electrons. The highest BCUT2D eigenvalue weighted by atomic mass is 79.9. The molecule has 0 aliphatic heterocycles. The monoisotopic (exact) mass is 275 g/mol. The van der Waals surface area contributed by atoms with Gasteiger partial charge in [-0.05, 0) is 37.1 Å². The summed E-state index contributed by atoms with van der Waals surface area (Å²) in [5.74, 6) is 0. The number of aryl methyl sites for hydroxylation is 2. The van der Waals surface area contributed by atoms with Crippen molar-refractivity contribution in [3.8, 4) is 12.1 Å². The van der Waals surface area contributed by atoms with E-state index in [2.05, 4.69) is 21.2 Å². The summed E-state index contributed by atoms with van der Waals surface area (Å²) in [6, 6.07) is 7.55. The van der Waals surface area contributed by atoms with Gasteiger partial charge in [0.05, 0.1) is 0 Å². The molecule has 0 amide bonds. The Morgan fingerprint density at radius 3 is 2.19 bits per heavy atom. The Labute approximate surface area is 103 Å².